The minimum atomic E-state index is -0.585. The zero-order valence-electron chi connectivity index (χ0n) is 14.1. The molecule has 0 aliphatic rings. The summed E-state index contributed by atoms with van der Waals surface area (Å²) >= 11 is 0. The molecule has 4 nitrogen and oxygen atoms in total. The molecule has 0 heterocycles. The molecule has 0 aromatic rings. The highest BCUT2D eigenvalue weighted by Gasteiger charge is 2.26. The molecule has 0 fully saturated rings. The van der Waals surface area contributed by atoms with Crippen LogP contribution in [-0.2, 0) is 19.1 Å². The van der Waals surface area contributed by atoms with Crippen LogP contribution < -0.4 is 0 Å². The van der Waals surface area contributed by atoms with Crippen LogP contribution in [0.1, 0.15) is 60.3 Å². The molecule has 1 atom stereocenters. The Morgan fingerprint density at radius 3 is 1.95 bits per heavy atom. The second kappa shape index (κ2) is 11.4. The summed E-state index contributed by atoms with van der Waals surface area (Å²) in [6.45, 7) is 10.5. The van der Waals surface area contributed by atoms with Crippen LogP contribution in [0.25, 0.3) is 0 Å². The van der Waals surface area contributed by atoms with Crippen molar-refractivity contribution < 1.29 is 19.1 Å². The van der Waals surface area contributed by atoms with Gasteiger partial charge in [-0.2, -0.15) is 0 Å². The van der Waals surface area contributed by atoms with Gasteiger partial charge in [0, 0.05) is 5.57 Å². The average Bonchev–Trinajstić information content (AvgIpc) is 2.44. The summed E-state index contributed by atoms with van der Waals surface area (Å²) < 4.78 is 10.4. The monoisotopic (exact) mass is 298 g/mol. The number of hydrogen-bond acceptors (Lipinski definition) is 4. The van der Waals surface area contributed by atoms with E-state index in [1.54, 1.807) is 13.0 Å². The average molecular weight is 298 g/mol. The molecule has 0 spiro atoms. The lowest BCUT2D eigenvalue weighted by molar-refractivity contribution is -0.150. The van der Waals surface area contributed by atoms with Crippen molar-refractivity contribution >= 4 is 11.9 Å². The molecule has 0 bridgehead atoms. The fourth-order valence-electron chi connectivity index (χ4n) is 1.71. The van der Waals surface area contributed by atoms with E-state index in [2.05, 4.69) is 0 Å². The summed E-state index contributed by atoms with van der Waals surface area (Å²) in [7, 11) is 0. The maximum atomic E-state index is 12.1. The highest BCUT2D eigenvalue weighted by molar-refractivity contribution is 5.95. The SMILES string of the molecule is CCCCOC(=O)C(=CC(C)C)C(C)C(=O)OCCCC. The van der Waals surface area contributed by atoms with Crippen LogP contribution >= 0.6 is 0 Å². The normalized spacial score (nSPS) is 13.1. The molecule has 0 radical (unpaired) electrons. The molecule has 0 amide bonds. The Hall–Kier alpha value is -1.32. The number of carbonyl (C=O) groups is 2. The Morgan fingerprint density at radius 2 is 1.48 bits per heavy atom. The summed E-state index contributed by atoms with van der Waals surface area (Å²) in [4.78, 5) is 24.1. The number of ether oxygens (including phenoxy) is 2. The molecule has 0 rings (SSSR count). The second-order valence-corrected chi connectivity index (χ2v) is 5.60. The lowest BCUT2D eigenvalue weighted by Crippen LogP contribution is -2.24. The van der Waals surface area contributed by atoms with Crippen molar-refractivity contribution in [3.63, 3.8) is 0 Å². The minimum absolute atomic E-state index is 0.171. The van der Waals surface area contributed by atoms with Crippen molar-refractivity contribution in [2.24, 2.45) is 11.8 Å². The van der Waals surface area contributed by atoms with Crippen LogP contribution in [0.3, 0.4) is 0 Å². The first-order chi connectivity index (χ1) is 9.93. The van der Waals surface area contributed by atoms with Gasteiger partial charge >= 0.3 is 11.9 Å². The van der Waals surface area contributed by atoms with Gasteiger partial charge in [0.1, 0.15) is 0 Å². The third kappa shape index (κ3) is 8.53. The Bertz CT molecular complexity index is 345. The summed E-state index contributed by atoms with van der Waals surface area (Å²) in [5.41, 5.74) is 0.405. The van der Waals surface area contributed by atoms with E-state index < -0.39 is 11.9 Å². The largest absolute Gasteiger partial charge is 0.465 e. The molecule has 122 valence electrons. The maximum Gasteiger partial charge on any atom is 0.334 e. The molecular weight excluding hydrogens is 268 g/mol. The Labute approximate surface area is 128 Å². The van der Waals surface area contributed by atoms with E-state index >= 15 is 0 Å². The summed E-state index contributed by atoms with van der Waals surface area (Å²) in [5, 5.41) is 0. The Kier molecular flexibility index (Phi) is 10.6. The van der Waals surface area contributed by atoms with Gasteiger partial charge in [-0.1, -0.05) is 46.6 Å². The number of rotatable bonds is 10. The van der Waals surface area contributed by atoms with Gasteiger partial charge in [0.05, 0.1) is 19.1 Å². The minimum Gasteiger partial charge on any atom is -0.465 e. The Morgan fingerprint density at radius 1 is 0.952 bits per heavy atom. The summed E-state index contributed by atoms with van der Waals surface area (Å²) in [6.07, 6.45) is 5.39. The first kappa shape index (κ1) is 19.7. The van der Waals surface area contributed by atoms with Crippen LogP contribution in [0, 0.1) is 11.8 Å². The topological polar surface area (TPSA) is 52.6 Å². The van der Waals surface area contributed by atoms with Gasteiger partial charge in [0.2, 0.25) is 0 Å². The quantitative estimate of drug-likeness (QED) is 0.349. The van der Waals surface area contributed by atoms with Crippen molar-refractivity contribution in [1.29, 1.82) is 0 Å². The van der Waals surface area contributed by atoms with E-state index in [0.717, 1.165) is 25.7 Å². The van der Waals surface area contributed by atoms with Crippen molar-refractivity contribution in [2.45, 2.75) is 60.3 Å². The molecule has 0 aliphatic heterocycles. The number of carbonyl (C=O) groups excluding carboxylic acids is 2. The van der Waals surface area contributed by atoms with Gasteiger partial charge in [-0.05, 0) is 25.7 Å². The lowest BCUT2D eigenvalue weighted by Gasteiger charge is -2.15. The zero-order valence-corrected chi connectivity index (χ0v) is 14.1. The van der Waals surface area contributed by atoms with Crippen LogP contribution in [0.15, 0.2) is 11.6 Å². The van der Waals surface area contributed by atoms with E-state index in [-0.39, 0.29) is 11.9 Å². The van der Waals surface area contributed by atoms with E-state index in [4.69, 9.17) is 9.47 Å². The number of allylic oxidation sites excluding steroid dienone is 1. The highest BCUT2D eigenvalue weighted by Crippen LogP contribution is 2.17. The van der Waals surface area contributed by atoms with Gasteiger partial charge in [-0.3, -0.25) is 4.79 Å². The molecule has 4 heteroatoms. The van der Waals surface area contributed by atoms with Crippen LogP contribution in [0.4, 0.5) is 0 Å². The van der Waals surface area contributed by atoms with Gasteiger partial charge in [-0.15, -0.1) is 0 Å². The standard InChI is InChI=1S/C17H30O4/c1-6-8-10-20-16(18)14(5)15(12-13(3)4)17(19)21-11-9-7-2/h12-14H,6-11H2,1-5H3. The van der Waals surface area contributed by atoms with Gasteiger partial charge < -0.3 is 9.47 Å². The number of esters is 2. The van der Waals surface area contributed by atoms with Gasteiger partial charge in [0.25, 0.3) is 0 Å². The van der Waals surface area contributed by atoms with Crippen LogP contribution in [0.5, 0.6) is 0 Å². The number of hydrogen-bond donors (Lipinski definition) is 0. The van der Waals surface area contributed by atoms with Crippen LogP contribution in [-0.4, -0.2) is 25.2 Å². The predicted octanol–water partition coefficient (Wildman–Crippen LogP) is 3.89. The molecule has 0 saturated heterocycles. The fraction of sp³-hybridized carbons (Fsp3) is 0.765. The first-order valence-corrected chi connectivity index (χ1v) is 7.99. The molecule has 0 aliphatic carbocycles. The van der Waals surface area contributed by atoms with Crippen molar-refractivity contribution in [3.8, 4) is 0 Å². The molecule has 0 aromatic heterocycles. The second-order valence-electron chi connectivity index (χ2n) is 5.60. The predicted molar refractivity (Wildman–Crippen MR) is 83.8 cm³/mol. The summed E-state index contributed by atoms with van der Waals surface area (Å²) in [5.74, 6) is -1.18. The zero-order chi connectivity index (χ0) is 16.3. The third-order valence-electron chi connectivity index (χ3n) is 3.04. The maximum absolute atomic E-state index is 12.1. The van der Waals surface area contributed by atoms with Crippen molar-refractivity contribution in [3.05, 3.63) is 11.6 Å². The molecule has 0 aromatic carbocycles. The van der Waals surface area contributed by atoms with Gasteiger partial charge in [-0.25, -0.2) is 4.79 Å². The molecule has 1 unspecified atom stereocenters. The molecule has 0 saturated carbocycles. The van der Waals surface area contributed by atoms with E-state index in [1.807, 2.05) is 27.7 Å². The molecular formula is C17H30O4. The van der Waals surface area contributed by atoms with Crippen LogP contribution in [0.2, 0.25) is 0 Å². The first-order valence-electron chi connectivity index (χ1n) is 7.99. The van der Waals surface area contributed by atoms with Crippen molar-refractivity contribution in [2.75, 3.05) is 13.2 Å². The highest BCUT2D eigenvalue weighted by atomic mass is 16.5. The number of unbranched alkanes of at least 4 members (excludes halogenated alkanes) is 2. The lowest BCUT2D eigenvalue weighted by atomic mass is 9.97. The smallest absolute Gasteiger partial charge is 0.334 e. The molecule has 21 heavy (non-hydrogen) atoms. The Balaban J connectivity index is 4.73. The fourth-order valence-corrected chi connectivity index (χ4v) is 1.71. The van der Waals surface area contributed by atoms with Crippen molar-refractivity contribution in [1.82, 2.24) is 0 Å². The summed E-state index contributed by atoms with van der Waals surface area (Å²) in [6, 6.07) is 0. The van der Waals surface area contributed by atoms with E-state index in [1.165, 1.54) is 0 Å². The molecule has 0 N–H and O–H groups in total. The van der Waals surface area contributed by atoms with Gasteiger partial charge in [0.15, 0.2) is 0 Å². The van der Waals surface area contributed by atoms with E-state index in [9.17, 15) is 9.59 Å². The third-order valence-corrected chi connectivity index (χ3v) is 3.04. The van der Waals surface area contributed by atoms with E-state index in [0.29, 0.717) is 18.8 Å².